The molecule has 1 aliphatic heterocycles. The summed E-state index contributed by atoms with van der Waals surface area (Å²) < 4.78 is 0. The fourth-order valence-corrected chi connectivity index (χ4v) is 2.57. The van der Waals surface area contributed by atoms with Crippen LogP contribution in [0, 0.1) is 18.3 Å². The summed E-state index contributed by atoms with van der Waals surface area (Å²) in [7, 11) is 0. The van der Waals surface area contributed by atoms with Crippen LogP contribution >= 0.6 is 0 Å². The Morgan fingerprint density at radius 2 is 2.16 bits per heavy atom. The van der Waals surface area contributed by atoms with E-state index < -0.39 is 0 Å². The fourth-order valence-electron chi connectivity index (χ4n) is 2.57. The van der Waals surface area contributed by atoms with E-state index in [1.807, 2.05) is 13.0 Å². The number of aryl methyl sites for hydroxylation is 1. The van der Waals surface area contributed by atoms with E-state index in [9.17, 15) is 5.26 Å². The molecule has 1 N–H and O–H groups in total. The summed E-state index contributed by atoms with van der Waals surface area (Å²) in [6.07, 6.45) is 5.71. The van der Waals surface area contributed by atoms with Gasteiger partial charge in [0.25, 0.3) is 0 Å². The minimum atomic E-state index is 0.481. The first kappa shape index (κ1) is 13.8. The van der Waals surface area contributed by atoms with E-state index in [0.717, 1.165) is 12.1 Å². The zero-order valence-electron chi connectivity index (χ0n) is 11.8. The molecule has 1 atom stereocenters. The van der Waals surface area contributed by atoms with Crippen molar-refractivity contribution in [2.24, 2.45) is 0 Å². The van der Waals surface area contributed by atoms with E-state index in [1.165, 1.54) is 32.4 Å². The van der Waals surface area contributed by atoms with Crippen LogP contribution in [0.1, 0.15) is 37.3 Å². The number of rotatable bonds is 4. The third kappa shape index (κ3) is 3.45. The van der Waals surface area contributed by atoms with Crippen molar-refractivity contribution in [3.05, 3.63) is 23.4 Å². The molecule has 0 spiro atoms. The number of piperidine rings is 1. The van der Waals surface area contributed by atoms with Crippen LogP contribution in [0.25, 0.3) is 0 Å². The first-order chi connectivity index (χ1) is 9.22. The summed E-state index contributed by atoms with van der Waals surface area (Å²) >= 11 is 0. The molecular weight excluding hydrogens is 236 g/mol. The Bertz CT molecular complexity index is 458. The third-order valence-corrected chi connectivity index (χ3v) is 3.85. The summed E-state index contributed by atoms with van der Waals surface area (Å²) in [5, 5.41) is 12.5. The van der Waals surface area contributed by atoms with Crippen molar-refractivity contribution in [3.63, 3.8) is 0 Å². The van der Waals surface area contributed by atoms with E-state index in [4.69, 9.17) is 0 Å². The third-order valence-electron chi connectivity index (χ3n) is 3.85. The van der Waals surface area contributed by atoms with Crippen molar-refractivity contribution < 1.29 is 0 Å². The number of pyridine rings is 1. The average Bonchev–Trinajstić information content (AvgIpc) is 2.45. The molecule has 4 heteroatoms. The van der Waals surface area contributed by atoms with E-state index in [1.54, 1.807) is 6.20 Å². The van der Waals surface area contributed by atoms with Crippen LogP contribution in [0.4, 0.5) is 5.82 Å². The van der Waals surface area contributed by atoms with Gasteiger partial charge in [-0.15, -0.1) is 0 Å². The first-order valence-corrected chi connectivity index (χ1v) is 7.06. The summed E-state index contributed by atoms with van der Waals surface area (Å²) in [6.45, 7) is 7.40. The van der Waals surface area contributed by atoms with Gasteiger partial charge in [0.05, 0.1) is 5.56 Å². The standard InChI is InChI=1S/C15H22N4/c1-12-6-7-17-15(14(12)10-16)18-11-13(2)19-8-4-3-5-9-19/h6-7,13H,3-5,8-9,11H2,1-2H3,(H,17,18). The molecule has 0 saturated carbocycles. The molecule has 1 unspecified atom stereocenters. The Morgan fingerprint density at radius 1 is 1.42 bits per heavy atom. The molecule has 0 bridgehead atoms. The van der Waals surface area contributed by atoms with Gasteiger partial charge in [0, 0.05) is 18.8 Å². The van der Waals surface area contributed by atoms with E-state index in [0.29, 0.717) is 17.4 Å². The van der Waals surface area contributed by atoms with Gasteiger partial charge in [0.1, 0.15) is 11.9 Å². The van der Waals surface area contributed by atoms with Crippen molar-refractivity contribution in [1.29, 1.82) is 5.26 Å². The van der Waals surface area contributed by atoms with E-state index in [2.05, 4.69) is 28.2 Å². The van der Waals surface area contributed by atoms with Crippen molar-refractivity contribution in [2.45, 2.75) is 39.2 Å². The van der Waals surface area contributed by atoms with Crippen molar-refractivity contribution in [2.75, 3.05) is 25.0 Å². The maximum absolute atomic E-state index is 9.17. The Morgan fingerprint density at radius 3 is 2.84 bits per heavy atom. The Labute approximate surface area is 115 Å². The molecule has 1 fully saturated rings. The maximum atomic E-state index is 9.17. The van der Waals surface area contributed by atoms with Crippen LogP contribution in [0.2, 0.25) is 0 Å². The highest BCUT2D eigenvalue weighted by atomic mass is 15.2. The van der Waals surface area contributed by atoms with Crippen molar-refractivity contribution >= 4 is 5.82 Å². The summed E-state index contributed by atoms with van der Waals surface area (Å²) in [5.74, 6) is 0.714. The molecule has 1 aliphatic rings. The van der Waals surface area contributed by atoms with Gasteiger partial charge in [-0.3, -0.25) is 4.90 Å². The number of nitrogens with one attached hydrogen (secondary N) is 1. The molecule has 2 heterocycles. The normalized spacial score (nSPS) is 17.7. The Hall–Kier alpha value is -1.60. The smallest absolute Gasteiger partial charge is 0.144 e. The molecule has 1 aromatic rings. The number of hydrogen-bond donors (Lipinski definition) is 1. The lowest BCUT2D eigenvalue weighted by atomic mass is 10.1. The summed E-state index contributed by atoms with van der Waals surface area (Å²) in [6, 6.07) is 4.58. The van der Waals surface area contributed by atoms with Crippen LogP contribution in [-0.4, -0.2) is 35.6 Å². The van der Waals surface area contributed by atoms with Crippen LogP contribution in [0.5, 0.6) is 0 Å². The summed E-state index contributed by atoms with van der Waals surface area (Å²) in [5.41, 5.74) is 1.64. The molecule has 4 nitrogen and oxygen atoms in total. The molecule has 0 aromatic carbocycles. The zero-order chi connectivity index (χ0) is 13.7. The zero-order valence-corrected chi connectivity index (χ0v) is 11.8. The van der Waals surface area contributed by atoms with Crippen LogP contribution in [-0.2, 0) is 0 Å². The van der Waals surface area contributed by atoms with Gasteiger partial charge >= 0.3 is 0 Å². The number of nitrogens with zero attached hydrogens (tertiary/aromatic N) is 3. The molecule has 102 valence electrons. The quantitative estimate of drug-likeness (QED) is 0.901. The van der Waals surface area contributed by atoms with Crippen molar-refractivity contribution in [1.82, 2.24) is 9.88 Å². The van der Waals surface area contributed by atoms with Gasteiger partial charge in [-0.05, 0) is 51.4 Å². The molecular formula is C15H22N4. The minimum Gasteiger partial charge on any atom is -0.367 e. The van der Waals surface area contributed by atoms with Crippen LogP contribution in [0.15, 0.2) is 12.3 Å². The highest BCUT2D eigenvalue weighted by Crippen LogP contribution is 2.16. The lowest BCUT2D eigenvalue weighted by Crippen LogP contribution is -2.41. The number of aromatic nitrogens is 1. The average molecular weight is 258 g/mol. The highest BCUT2D eigenvalue weighted by molar-refractivity contribution is 5.55. The largest absolute Gasteiger partial charge is 0.367 e. The topological polar surface area (TPSA) is 52.0 Å². The molecule has 2 rings (SSSR count). The molecule has 19 heavy (non-hydrogen) atoms. The predicted octanol–water partition coefficient (Wildman–Crippen LogP) is 2.55. The molecule has 0 radical (unpaired) electrons. The molecule has 0 amide bonds. The van der Waals surface area contributed by atoms with Crippen molar-refractivity contribution in [3.8, 4) is 6.07 Å². The second-order valence-corrected chi connectivity index (χ2v) is 5.29. The lowest BCUT2D eigenvalue weighted by Gasteiger charge is -2.32. The number of nitriles is 1. The number of anilines is 1. The predicted molar refractivity (Wildman–Crippen MR) is 77.1 cm³/mol. The second kappa shape index (κ2) is 6.53. The van der Waals surface area contributed by atoms with Gasteiger partial charge in [0.15, 0.2) is 0 Å². The maximum Gasteiger partial charge on any atom is 0.144 e. The summed E-state index contributed by atoms with van der Waals surface area (Å²) in [4.78, 5) is 6.79. The van der Waals surface area contributed by atoms with Gasteiger partial charge in [0.2, 0.25) is 0 Å². The molecule has 1 saturated heterocycles. The van der Waals surface area contributed by atoms with Gasteiger partial charge < -0.3 is 5.32 Å². The van der Waals surface area contributed by atoms with Crippen LogP contribution in [0.3, 0.4) is 0 Å². The van der Waals surface area contributed by atoms with E-state index >= 15 is 0 Å². The second-order valence-electron chi connectivity index (χ2n) is 5.29. The van der Waals surface area contributed by atoms with Gasteiger partial charge in [-0.2, -0.15) is 5.26 Å². The lowest BCUT2D eigenvalue weighted by molar-refractivity contribution is 0.180. The SMILES string of the molecule is Cc1ccnc(NCC(C)N2CCCCC2)c1C#N. The van der Waals surface area contributed by atoms with Crippen LogP contribution < -0.4 is 5.32 Å². The molecule has 1 aromatic heterocycles. The Kier molecular flexibility index (Phi) is 4.75. The number of likely N-dealkylation sites (tertiary alicyclic amines) is 1. The molecule has 0 aliphatic carbocycles. The fraction of sp³-hybridized carbons (Fsp3) is 0.600. The van der Waals surface area contributed by atoms with E-state index in [-0.39, 0.29) is 0 Å². The highest BCUT2D eigenvalue weighted by Gasteiger charge is 2.17. The van der Waals surface area contributed by atoms with Gasteiger partial charge in [-0.25, -0.2) is 4.98 Å². The van der Waals surface area contributed by atoms with Gasteiger partial charge in [-0.1, -0.05) is 6.42 Å². The Balaban J connectivity index is 1.95. The number of hydrogen-bond acceptors (Lipinski definition) is 4. The first-order valence-electron chi connectivity index (χ1n) is 7.06. The monoisotopic (exact) mass is 258 g/mol. The minimum absolute atomic E-state index is 0.481.